The maximum atomic E-state index is 12.6. The van der Waals surface area contributed by atoms with Crippen molar-refractivity contribution in [2.75, 3.05) is 31.2 Å². The Morgan fingerprint density at radius 2 is 2.00 bits per heavy atom. The van der Waals surface area contributed by atoms with Gasteiger partial charge in [0.1, 0.15) is 13.2 Å². The minimum absolute atomic E-state index is 0. The van der Waals surface area contributed by atoms with Crippen LogP contribution in [-0.4, -0.2) is 44.2 Å². The third-order valence-corrected chi connectivity index (χ3v) is 5.62. The van der Waals surface area contributed by atoms with E-state index in [9.17, 15) is 9.59 Å². The first-order chi connectivity index (χ1) is 12.7. The minimum atomic E-state index is -0.324. The van der Waals surface area contributed by atoms with Crippen molar-refractivity contribution in [3.8, 4) is 11.5 Å². The number of ether oxygens (including phenoxy) is 2. The highest BCUT2D eigenvalue weighted by Gasteiger charge is 2.37. The number of carbonyl (C=O) groups is 2. The number of anilines is 1. The van der Waals surface area contributed by atoms with Crippen LogP contribution in [0.1, 0.15) is 25.7 Å². The minimum Gasteiger partial charge on any atom is -0.486 e. The van der Waals surface area contributed by atoms with Crippen molar-refractivity contribution in [2.24, 2.45) is 17.6 Å². The quantitative estimate of drug-likeness (QED) is 0.805. The first-order valence-electron chi connectivity index (χ1n) is 9.36. The van der Waals surface area contributed by atoms with Gasteiger partial charge in [0, 0.05) is 30.8 Å². The van der Waals surface area contributed by atoms with Gasteiger partial charge in [0.05, 0.1) is 5.92 Å². The summed E-state index contributed by atoms with van der Waals surface area (Å²) in [5.41, 5.74) is 6.54. The summed E-state index contributed by atoms with van der Waals surface area (Å²) < 4.78 is 11.1. The second-order valence-electron chi connectivity index (χ2n) is 7.28. The fourth-order valence-electron chi connectivity index (χ4n) is 4.14. The molecule has 2 heterocycles. The van der Waals surface area contributed by atoms with Gasteiger partial charge in [-0.2, -0.15) is 0 Å². The van der Waals surface area contributed by atoms with Gasteiger partial charge in [-0.1, -0.05) is 6.42 Å². The first kappa shape index (κ1) is 19.8. The van der Waals surface area contributed by atoms with Crippen molar-refractivity contribution in [2.45, 2.75) is 31.7 Å². The SMILES string of the molecule is Cl.NCC1CCCC1NC(=O)C1CC(=O)N(c2ccc3c(c2)OCCO3)C1. The number of nitrogens with two attached hydrogens (primary N) is 1. The average molecular weight is 396 g/mol. The largest absolute Gasteiger partial charge is 0.486 e. The van der Waals surface area contributed by atoms with Crippen molar-refractivity contribution in [1.29, 1.82) is 0 Å². The average Bonchev–Trinajstić information content (AvgIpc) is 3.27. The topological polar surface area (TPSA) is 93.9 Å². The number of nitrogens with one attached hydrogen (secondary N) is 1. The lowest BCUT2D eigenvalue weighted by Gasteiger charge is -2.23. The second kappa shape index (κ2) is 8.35. The number of nitrogens with zero attached hydrogens (tertiary/aromatic N) is 1. The van der Waals surface area contributed by atoms with Crippen LogP contribution in [0.15, 0.2) is 18.2 Å². The molecule has 148 valence electrons. The molecule has 1 aliphatic carbocycles. The molecule has 0 bridgehead atoms. The zero-order valence-electron chi connectivity index (χ0n) is 15.2. The number of rotatable bonds is 4. The van der Waals surface area contributed by atoms with Gasteiger partial charge in [-0.05, 0) is 37.4 Å². The Bertz CT molecular complexity index is 714. The van der Waals surface area contributed by atoms with Gasteiger partial charge in [-0.25, -0.2) is 0 Å². The number of hydrogen-bond acceptors (Lipinski definition) is 5. The van der Waals surface area contributed by atoms with Crippen molar-refractivity contribution < 1.29 is 19.1 Å². The summed E-state index contributed by atoms with van der Waals surface area (Å²) in [6, 6.07) is 5.61. The Morgan fingerprint density at radius 3 is 2.78 bits per heavy atom. The molecule has 0 radical (unpaired) electrons. The van der Waals surface area contributed by atoms with E-state index >= 15 is 0 Å². The van der Waals surface area contributed by atoms with E-state index in [1.807, 2.05) is 18.2 Å². The lowest BCUT2D eigenvalue weighted by atomic mass is 10.0. The molecule has 2 fully saturated rings. The number of carbonyl (C=O) groups excluding carboxylic acids is 2. The molecule has 2 amide bonds. The van der Waals surface area contributed by atoms with E-state index in [1.165, 1.54) is 0 Å². The van der Waals surface area contributed by atoms with Crippen LogP contribution >= 0.6 is 12.4 Å². The predicted molar refractivity (Wildman–Crippen MR) is 103 cm³/mol. The molecule has 0 spiro atoms. The van der Waals surface area contributed by atoms with E-state index in [1.54, 1.807) is 4.90 Å². The summed E-state index contributed by atoms with van der Waals surface area (Å²) in [6.07, 6.45) is 3.37. The van der Waals surface area contributed by atoms with Gasteiger partial charge in [0.2, 0.25) is 11.8 Å². The van der Waals surface area contributed by atoms with Crippen LogP contribution in [0.3, 0.4) is 0 Å². The van der Waals surface area contributed by atoms with E-state index in [0.717, 1.165) is 24.9 Å². The summed E-state index contributed by atoms with van der Waals surface area (Å²) in [5, 5.41) is 3.12. The monoisotopic (exact) mass is 395 g/mol. The van der Waals surface area contributed by atoms with Crippen LogP contribution in [0.5, 0.6) is 11.5 Å². The van der Waals surface area contributed by atoms with Gasteiger partial charge in [-0.3, -0.25) is 9.59 Å². The zero-order valence-corrected chi connectivity index (χ0v) is 16.0. The Kier molecular flexibility index (Phi) is 6.11. The van der Waals surface area contributed by atoms with E-state index in [-0.39, 0.29) is 42.6 Å². The van der Waals surface area contributed by atoms with Crippen molar-refractivity contribution in [3.05, 3.63) is 18.2 Å². The van der Waals surface area contributed by atoms with Crippen LogP contribution in [-0.2, 0) is 9.59 Å². The van der Waals surface area contributed by atoms with Gasteiger partial charge < -0.3 is 25.4 Å². The van der Waals surface area contributed by atoms with Crippen LogP contribution in [0.4, 0.5) is 5.69 Å². The molecular formula is C19H26ClN3O4. The summed E-state index contributed by atoms with van der Waals surface area (Å²) in [7, 11) is 0. The fraction of sp³-hybridized carbons (Fsp3) is 0.579. The summed E-state index contributed by atoms with van der Waals surface area (Å²) in [6.45, 7) is 2.02. The zero-order chi connectivity index (χ0) is 18.1. The van der Waals surface area contributed by atoms with Crippen LogP contribution in [0, 0.1) is 11.8 Å². The Morgan fingerprint density at radius 1 is 1.22 bits per heavy atom. The highest BCUT2D eigenvalue weighted by Crippen LogP contribution is 2.36. The van der Waals surface area contributed by atoms with Crippen LogP contribution in [0.25, 0.3) is 0 Å². The molecule has 3 atom stereocenters. The molecule has 8 heteroatoms. The summed E-state index contributed by atoms with van der Waals surface area (Å²) in [4.78, 5) is 26.8. The number of benzene rings is 1. The second-order valence-corrected chi connectivity index (χ2v) is 7.28. The van der Waals surface area contributed by atoms with Crippen molar-refractivity contribution in [3.63, 3.8) is 0 Å². The lowest BCUT2D eigenvalue weighted by molar-refractivity contribution is -0.127. The summed E-state index contributed by atoms with van der Waals surface area (Å²) >= 11 is 0. The molecule has 2 aliphatic heterocycles. The van der Waals surface area contributed by atoms with Crippen molar-refractivity contribution in [1.82, 2.24) is 5.32 Å². The van der Waals surface area contributed by atoms with Crippen LogP contribution in [0.2, 0.25) is 0 Å². The molecule has 3 unspecified atom stereocenters. The Hall–Kier alpha value is -1.99. The lowest BCUT2D eigenvalue weighted by Crippen LogP contribution is -2.43. The standard InChI is InChI=1S/C19H25N3O4.ClH/c20-10-12-2-1-3-15(12)21-19(24)13-8-18(23)22(11-13)14-4-5-16-17(9-14)26-7-6-25-16;/h4-5,9,12-13,15H,1-3,6-8,10-11,20H2,(H,21,24);1H. The maximum Gasteiger partial charge on any atom is 0.227 e. The molecular weight excluding hydrogens is 370 g/mol. The van der Waals surface area contributed by atoms with E-state index in [2.05, 4.69) is 5.32 Å². The molecule has 27 heavy (non-hydrogen) atoms. The molecule has 7 nitrogen and oxygen atoms in total. The molecule has 1 aromatic rings. The van der Waals surface area contributed by atoms with E-state index in [4.69, 9.17) is 15.2 Å². The molecule has 1 aromatic carbocycles. The highest BCUT2D eigenvalue weighted by molar-refractivity contribution is 6.00. The Balaban J connectivity index is 0.00000210. The third-order valence-electron chi connectivity index (χ3n) is 5.62. The first-order valence-corrected chi connectivity index (χ1v) is 9.36. The molecule has 0 aromatic heterocycles. The maximum absolute atomic E-state index is 12.6. The normalized spacial score (nSPS) is 26.6. The highest BCUT2D eigenvalue weighted by atomic mass is 35.5. The smallest absolute Gasteiger partial charge is 0.227 e. The van der Waals surface area contributed by atoms with E-state index < -0.39 is 0 Å². The number of hydrogen-bond donors (Lipinski definition) is 2. The summed E-state index contributed by atoms with van der Waals surface area (Å²) in [5.74, 6) is 1.29. The molecule has 4 rings (SSSR count). The van der Waals surface area contributed by atoms with Gasteiger partial charge in [-0.15, -0.1) is 12.4 Å². The molecule has 3 N–H and O–H groups in total. The van der Waals surface area contributed by atoms with Gasteiger partial charge >= 0.3 is 0 Å². The van der Waals surface area contributed by atoms with Crippen LogP contribution < -0.4 is 25.4 Å². The Labute approximate surface area is 165 Å². The molecule has 1 saturated heterocycles. The van der Waals surface area contributed by atoms with Gasteiger partial charge in [0.25, 0.3) is 0 Å². The molecule has 1 saturated carbocycles. The molecule has 3 aliphatic rings. The number of fused-ring (bicyclic) bond motifs is 1. The third kappa shape index (κ3) is 3.99. The fourth-order valence-corrected chi connectivity index (χ4v) is 4.14. The van der Waals surface area contributed by atoms with Gasteiger partial charge in [0.15, 0.2) is 11.5 Å². The number of halogens is 1. The van der Waals surface area contributed by atoms with E-state index in [0.29, 0.717) is 43.7 Å². The predicted octanol–water partition coefficient (Wildman–Crippen LogP) is 1.48. The van der Waals surface area contributed by atoms with Crippen molar-refractivity contribution >= 4 is 29.9 Å². The number of amides is 2.